The summed E-state index contributed by atoms with van der Waals surface area (Å²) in [7, 11) is 0. The fraction of sp³-hybridized carbons (Fsp3) is 1.00. The molecule has 0 bridgehead atoms. The van der Waals surface area contributed by atoms with E-state index in [2.05, 4.69) is 0 Å². The summed E-state index contributed by atoms with van der Waals surface area (Å²) in [5, 5.41) is 0. The van der Waals surface area contributed by atoms with E-state index in [1.807, 2.05) is 0 Å². The molecular formula is C17H28. The van der Waals surface area contributed by atoms with Crippen LogP contribution in [0.3, 0.4) is 0 Å². The Morgan fingerprint density at radius 1 is 0.353 bits per heavy atom. The molecule has 4 aliphatic carbocycles. The first kappa shape index (κ1) is 10.9. The zero-order valence-corrected chi connectivity index (χ0v) is 11.4. The third-order valence-electron chi connectivity index (χ3n) is 7.20. The van der Waals surface area contributed by atoms with Crippen LogP contribution in [-0.2, 0) is 0 Å². The lowest BCUT2D eigenvalue weighted by molar-refractivity contribution is 0.198. The van der Waals surface area contributed by atoms with Gasteiger partial charge in [-0.3, -0.25) is 0 Å². The van der Waals surface area contributed by atoms with Crippen LogP contribution in [0.15, 0.2) is 0 Å². The second-order valence-corrected chi connectivity index (χ2v) is 8.27. The molecule has 0 amide bonds. The van der Waals surface area contributed by atoms with Gasteiger partial charge in [-0.25, -0.2) is 0 Å². The third-order valence-corrected chi connectivity index (χ3v) is 7.20. The van der Waals surface area contributed by atoms with E-state index in [0.29, 0.717) is 0 Å². The molecule has 0 saturated heterocycles. The fourth-order valence-corrected chi connectivity index (χ4v) is 6.47. The molecule has 4 rings (SSSR count). The van der Waals surface area contributed by atoms with Crippen LogP contribution in [0, 0.1) is 16.2 Å². The van der Waals surface area contributed by atoms with Crippen molar-refractivity contribution in [3.63, 3.8) is 0 Å². The molecule has 4 aliphatic rings. The van der Waals surface area contributed by atoms with Crippen molar-refractivity contribution in [3.8, 4) is 0 Å². The number of rotatable bonds is 0. The largest absolute Gasteiger partial charge is 0.0528 e. The van der Waals surface area contributed by atoms with Crippen LogP contribution in [0.2, 0.25) is 0 Å². The first-order valence-corrected chi connectivity index (χ1v) is 8.24. The molecule has 0 radical (unpaired) electrons. The molecule has 0 aliphatic heterocycles. The van der Waals surface area contributed by atoms with Crippen molar-refractivity contribution < 1.29 is 0 Å². The van der Waals surface area contributed by atoms with Crippen molar-refractivity contribution in [2.75, 3.05) is 0 Å². The summed E-state index contributed by atoms with van der Waals surface area (Å²) in [5.41, 5.74) is 2.54. The zero-order chi connectivity index (χ0) is 11.4. The summed E-state index contributed by atoms with van der Waals surface area (Å²) in [5.74, 6) is 0. The summed E-state index contributed by atoms with van der Waals surface area (Å²) in [6.07, 6.45) is 22.2. The van der Waals surface area contributed by atoms with E-state index in [4.69, 9.17) is 0 Å². The van der Waals surface area contributed by atoms with Gasteiger partial charge in [0.25, 0.3) is 0 Å². The smallest absolute Gasteiger partial charge is 0.0287 e. The lowest BCUT2D eigenvalue weighted by Gasteiger charge is -2.31. The summed E-state index contributed by atoms with van der Waals surface area (Å²) < 4.78 is 0. The molecule has 4 fully saturated rings. The Morgan fingerprint density at radius 2 is 0.706 bits per heavy atom. The first-order chi connectivity index (χ1) is 8.24. The molecule has 0 unspecified atom stereocenters. The quantitative estimate of drug-likeness (QED) is 0.520. The molecule has 96 valence electrons. The summed E-state index contributed by atoms with van der Waals surface area (Å²) >= 11 is 0. The molecule has 0 aromatic carbocycles. The minimum atomic E-state index is 0.842. The van der Waals surface area contributed by atoms with E-state index >= 15 is 0 Å². The van der Waals surface area contributed by atoms with Crippen molar-refractivity contribution in [3.05, 3.63) is 0 Å². The van der Waals surface area contributed by atoms with Crippen molar-refractivity contribution in [1.29, 1.82) is 0 Å². The average Bonchev–Trinajstić information content (AvgIpc) is 3.06. The maximum absolute atomic E-state index is 1.64. The van der Waals surface area contributed by atoms with E-state index < -0.39 is 0 Å². The monoisotopic (exact) mass is 232 g/mol. The normalized spacial score (nSPS) is 36.7. The fourth-order valence-electron chi connectivity index (χ4n) is 6.47. The topological polar surface area (TPSA) is 0 Å². The highest BCUT2D eigenvalue weighted by Gasteiger charge is 2.55. The van der Waals surface area contributed by atoms with Crippen LogP contribution in [-0.4, -0.2) is 0 Å². The van der Waals surface area contributed by atoms with Crippen LogP contribution >= 0.6 is 0 Å². The molecule has 17 heavy (non-hydrogen) atoms. The Kier molecular flexibility index (Phi) is 2.25. The molecular weight excluding hydrogens is 204 g/mol. The van der Waals surface area contributed by atoms with Crippen molar-refractivity contribution in [2.45, 2.75) is 89.9 Å². The highest BCUT2D eigenvalue weighted by Crippen LogP contribution is 2.68. The Labute approximate surface area is 107 Å². The SMILES string of the molecule is C1CCC2(C1)CCC1(CCC3(CCCC3)C1)C2. The van der Waals surface area contributed by atoms with Gasteiger partial charge in [0, 0.05) is 0 Å². The van der Waals surface area contributed by atoms with Crippen LogP contribution < -0.4 is 0 Å². The molecule has 3 spiro atoms. The number of hydrogen-bond acceptors (Lipinski definition) is 0. The second kappa shape index (κ2) is 3.52. The van der Waals surface area contributed by atoms with Gasteiger partial charge >= 0.3 is 0 Å². The average molecular weight is 232 g/mol. The van der Waals surface area contributed by atoms with Gasteiger partial charge in [-0.2, -0.15) is 0 Å². The van der Waals surface area contributed by atoms with Gasteiger partial charge in [-0.15, -0.1) is 0 Å². The van der Waals surface area contributed by atoms with Gasteiger partial charge in [0.2, 0.25) is 0 Å². The van der Waals surface area contributed by atoms with Crippen LogP contribution in [0.1, 0.15) is 89.9 Å². The number of hydrogen-bond donors (Lipinski definition) is 0. The molecule has 0 N–H and O–H groups in total. The van der Waals surface area contributed by atoms with Gasteiger partial charge in [-0.05, 0) is 80.5 Å². The molecule has 0 aromatic rings. The molecule has 4 saturated carbocycles. The van der Waals surface area contributed by atoms with E-state index in [0.717, 1.165) is 16.2 Å². The molecule has 0 aromatic heterocycles. The highest BCUT2D eigenvalue weighted by atomic mass is 14.6. The van der Waals surface area contributed by atoms with Crippen LogP contribution in [0.5, 0.6) is 0 Å². The maximum atomic E-state index is 1.64. The minimum Gasteiger partial charge on any atom is -0.0528 e. The lowest BCUT2D eigenvalue weighted by atomic mass is 9.74. The summed E-state index contributed by atoms with van der Waals surface area (Å²) in [6, 6.07) is 0. The molecule has 0 heteroatoms. The van der Waals surface area contributed by atoms with Crippen molar-refractivity contribution >= 4 is 0 Å². The van der Waals surface area contributed by atoms with E-state index in [1.54, 1.807) is 89.9 Å². The van der Waals surface area contributed by atoms with Gasteiger partial charge in [0.1, 0.15) is 0 Å². The molecule has 0 heterocycles. The Hall–Kier alpha value is 0. The van der Waals surface area contributed by atoms with Crippen LogP contribution in [0.4, 0.5) is 0 Å². The first-order valence-electron chi connectivity index (χ1n) is 8.24. The van der Waals surface area contributed by atoms with E-state index in [1.165, 1.54) is 0 Å². The second-order valence-electron chi connectivity index (χ2n) is 8.27. The standard InChI is InChI=1S/C17H28/c1-2-6-15(5-1)9-11-17(13-15)12-10-16(14-17)7-3-4-8-16/h1-14H2. The van der Waals surface area contributed by atoms with Gasteiger partial charge in [0.05, 0.1) is 0 Å². The lowest BCUT2D eigenvalue weighted by Crippen LogP contribution is -2.20. The predicted molar refractivity (Wildman–Crippen MR) is 71.9 cm³/mol. The maximum Gasteiger partial charge on any atom is -0.0287 e. The van der Waals surface area contributed by atoms with E-state index in [-0.39, 0.29) is 0 Å². The molecule has 0 nitrogen and oxygen atoms in total. The summed E-state index contributed by atoms with van der Waals surface area (Å²) in [4.78, 5) is 0. The van der Waals surface area contributed by atoms with Gasteiger partial charge in [0.15, 0.2) is 0 Å². The highest BCUT2D eigenvalue weighted by molar-refractivity contribution is 5.07. The predicted octanol–water partition coefficient (Wildman–Crippen LogP) is 5.46. The zero-order valence-electron chi connectivity index (χ0n) is 11.4. The van der Waals surface area contributed by atoms with Crippen LogP contribution in [0.25, 0.3) is 0 Å². The Bertz CT molecular complexity index is 270. The van der Waals surface area contributed by atoms with Crippen molar-refractivity contribution in [1.82, 2.24) is 0 Å². The molecule has 0 atom stereocenters. The Balaban J connectivity index is 1.52. The van der Waals surface area contributed by atoms with E-state index in [9.17, 15) is 0 Å². The minimum absolute atomic E-state index is 0.842. The van der Waals surface area contributed by atoms with Gasteiger partial charge in [-0.1, -0.05) is 25.7 Å². The Morgan fingerprint density at radius 3 is 1.12 bits per heavy atom. The van der Waals surface area contributed by atoms with Crippen molar-refractivity contribution in [2.24, 2.45) is 16.2 Å². The summed E-state index contributed by atoms with van der Waals surface area (Å²) in [6.45, 7) is 0. The third kappa shape index (κ3) is 1.62. The van der Waals surface area contributed by atoms with Gasteiger partial charge < -0.3 is 0 Å².